The second kappa shape index (κ2) is 9.77. The van der Waals surface area contributed by atoms with E-state index in [2.05, 4.69) is 4.98 Å². The Kier molecular flexibility index (Phi) is 6.83. The Morgan fingerprint density at radius 1 is 1.28 bits per heavy atom. The normalized spacial score (nSPS) is 16.6. The predicted molar refractivity (Wildman–Crippen MR) is 118 cm³/mol. The number of nitrogens with zero attached hydrogens (tertiary/aromatic N) is 1. The van der Waals surface area contributed by atoms with Crippen LogP contribution in [0.2, 0.25) is 5.02 Å². The molecule has 2 atom stereocenters. The van der Waals surface area contributed by atoms with E-state index in [0.717, 1.165) is 27.7 Å². The van der Waals surface area contributed by atoms with Crippen LogP contribution in [0.25, 0.3) is 10.9 Å². The summed E-state index contributed by atoms with van der Waals surface area (Å²) in [6.45, 7) is -1.05. The third-order valence-electron chi connectivity index (χ3n) is 5.48. The van der Waals surface area contributed by atoms with E-state index in [1.54, 1.807) is 23.1 Å². The number of aromatic nitrogens is 1. The number of hydrogen-bond acceptors (Lipinski definition) is 5. The number of alkyl halides is 1. The highest BCUT2D eigenvalue weighted by Crippen LogP contribution is 2.39. The zero-order valence-electron chi connectivity index (χ0n) is 17.3. The lowest BCUT2D eigenvalue weighted by Gasteiger charge is -2.35. The second-order valence-corrected chi connectivity index (χ2v) is 8.01. The molecule has 3 N–H and O–H groups in total. The van der Waals surface area contributed by atoms with Crippen LogP contribution in [-0.4, -0.2) is 65.3 Å². The summed E-state index contributed by atoms with van der Waals surface area (Å²) in [7, 11) is 0. The summed E-state index contributed by atoms with van der Waals surface area (Å²) in [5, 5.41) is 20.0. The fourth-order valence-electron chi connectivity index (χ4n) is 4.00. The van der Waals surface area contributed by atoms with E-state index in [1.165, 1.54) is 0 Å². The number of carbonyl (C=O) groups is 1. The molecule has 3 aromatic rings. The van der Waals surface area contributed by atoms with Gasteiger partial charge in [0.2, 0.25) is 0 Å². The van der Waals surface area contributed by atoms with Crippen LogP contribution in [0.5, 0.6) is 5.75 Å². The van der Waals surface area contributed by atoms with E-state index in [9.17, 15) is 14.3 Å². The Labute approximate surface area is 189 Å². The van der Waals surface area contributed by atoms with Gasteiger partial charge in [0.25, 0.3) is 0 Å². The number of carbonyl (C=O) groups excluding carboxylic acids is 1. The van der Waals surface area contributed by atoms with Crippen molar-refractivity contribution >= 4 is 28.6 Å². The van der Waals surface area contributed by atoms with Gasteiger partial charge in [0, 0.05) is 28.2 Å². The molecule has 0 radical (unpaired) electrons. The molecule has 4 rings (SSSR count). The Morgan fingerprint density at radius 2 is 2.06 bits per heavy atom. The van der Waals surface area contributed by atoms with E-state index in [-0.39, 0.29) is 19.8 Å². The van der Waals surface area contributed by atoms with Gasteiger partial charge in [-0.25, -0.2) is 9.18 Å². The zero-order chi connectivity index (χ0) is 22.7. The highest BCUT2D eigenvalue weighted by Gasteiger charge is 2.35. The number of aromatic amines is 1. The number of benzene rings is 2. The zero-order valence-corrected chi connectivity index (χ0v) is 18.0. The van der Waals surface area contributed by atoms with E-state index in [0.29, 0.717) is 23.7 Å². The molecule has 2 aromatic carbocycles. The molecule has 1 aromatic heterocycles. The average Bonchev–Trinajstić information content (AvgIpc) is 3.18. The van der Waals surface area contributed by atoms with Crippen molar-refractivity contribution in [3.05, 3.63) is 64.3 Å². The molecule has 7 nitrogen and oxygen atoms in total. The number of rotatable bonds is 7. The van der Waals surface area contributed by atoms with E-state index < -0.39 is 24.9 Å². The van der Waals surface area contributed by atoms with Gasteiger partial charge >= 0.3 is 6.09 Å². The van der Waals surface area contributed by atoms with Crippen molar-refractivity contribution in [3.8, 4) is 5.75 Å². The number of aliphatic hydroxyl groups excluding tert-OH is 2. The van der Waals surface area contributed by atoms with Crippen molar-refractivity contribution < 1.29 is 28.9 Å². The molecule has 0 saturated heterocycles. The highest BCUT2D eigenvalue weighted by molar-refractivity contribution is 6.31. The van der Waals surface area contributed by atoms with Crippen LogP contribution in [0.4, 0.5) is 9.18 Å². The maximum Gasteiger partial charge on any atom is 0.410 e. The molecule has 9 heteroatoms. The van der Waals surface area contributed by atoms with Crippen molar-refractivity contribution in [3.63, 3.8) is 0 Å². The van der Waals surface area contributed by atoms with Crippen LogP contribution >= 0.6 is 11.6 Å². The van der Waals surface area contributed by atoms with E-state index >= 15 is 0 Å². The third kappa shape index (κ3) is 4.53. The van der Waals surface area contributed by atoms with Crippen LogP contribution < -0.4 is 4.74 Å². The van der Waals surface area contributed by atoms with Gasteiger partial charge in [-0.1, -0.05) is 23.7 Å². The van der Waals surface area contributed by atoms with Gasteiger partial charge in [-0.2, -0.15) is 0 Å². The summed E-state index contributed by atoms with van der Waals surface area (Å²) >= 11 is 6.21. The first-order valence-corrected chi connectivity index (χ1v) is 10.7. The molecule has 2 unspecified atom stereocenters. The summed E-state index contributed by atoms with van der Waals surface area (Å²) in [6, 6.07) is 12.3. The van der Waals surface area contributed by atoms with Crippen LogP contribution in [0.15, 0.2) is 42.5 Å². The average molecular weight is 463 g/mol. The van der Waals surface area contributed by atoms with E-state index in [1.807, 2.05) is 24.3 Å². The number of halogens is 2. The van der Waals surface area contributed by atoms with Crippen molar-refractivity contribution in [1.29, 1.82) is 0 Å². The molecule has 1 aliphatic rings. The summed E-state index contributed by atoms with van der Waals surface area (Å²) in [5.41, 5.74) is 3.67. The summed E-state index contributed by atoms with van der Waals surface area (Å²) in [5.74, 6) is 0.521. The number of amides is 1. The first-order valence-electron chi connectivity index (χ1n) is 10.3. The SMILES string of the molecule is O=C(OCCF)N1CCc2c([nH]c3ccc(Cl)cc23)C1c1ccc(OCC(O)CO)cc1. The summed E-state index contributed by atoms with van der Waals surface area (Å²) < 4.78 is 23.2. The lowest BCUT2D eigenvalue weighted by Crippen LogP contribution is -2.41. The minimum Gasteiger partial charge on any atom is -0.491 e. The van der Waals surface area contributed by atoms with Gasteiger partial charge in [-0.05, 0) is 47.9 Å². The number of hydrogen-bond donors (Lipinski definition) is 3. The van der Waals surface area contributed by atoms with Gasteiger partial charge in [0.15, 0.2) is 0 Å². The fourth-order valence-corrected chi connectivity index (χ4v) is 4.18. The van der Waals surface area contributed by atoms with Crippen molar-refractivity contribution in [2.45, 2.75) is 18.6 Å². The van der Waals surface area contributed by atoms with Crippen molar-refractivity contribution in [1.82, 2.24) is 9.88 Å². The molecule has 1 aliphatic heterocycles. The predicted octanol–water partition coefficient (Wildman–Crippen LogP) is 3.61. The van der Waals surface area contributed by atoms with Gasteiger partial charge < -0.3 is 24.7 Å². The number of fused-ring (bicyclic) bond motifs is 3. The van der Waals surface area contributed by atoms with E-state index in [4.69, 9.17) is 26.2 Å². The van der Waals surface area contributed by atoms with Crippen LogP contribution in [0, 0.1) is 0 Å². The van der Waals surface area contributed by atoms with Crippen molar-refractivity contribution in [2.75, 3.05) is 33.0 Å². The molecule has 32 heavy (non-hydrogen) atoms. The molecule has 1 amide bonds. The molecule has 0 spiro atoms. The van der Waals surface area contributed by atoms with Crippen molar-refractivity contribution in [2.24, 2.45) is 0 Å². The maximum absolute atomic E-state index is 12.7. The molecule has 0 fully saturated rings. The molecule has 0 aliphatic carbocycles. The summed E-state index contributed by atoms with van der Waals surface area (Å²) in [4.78, 5) is 17.7. The second-order valence-electron chi connectivity index (χ2n) is 7.57. The lowest BCUT2D eigenvalue weighted by atomic mass is 9.92. The highest BCUT2D eigenvalue weighted by atomic mass is 35.5. The summed E-state index contributed by atoms with van der Waals surface area (Å²) in [6.07, 6.45) is -0.937. The Bertz CT molecular complexity index is 1090. The minimum atomic E-state index is -0.963. The molecule has 170 valence electrons. The van der Waals surface area contributed by atoms with Gasteiger partial charge in [-0.15, -0.1) is 0 Å². The standard InChI is InChI=1S/C23H24ClFN2O5/c24-15-3-6-20-19(11-15)18-7-9-27(23(30)31-10-8-25)22(21(18)26-20)14-1-4-17(5-2-14)32-13-16(29)12-28/h1-6,11,16,22,26,28-29H,7-10,12-13H2. The smallest absolute Gasteiger partial charge is 0.410 e. The van der Waals surface area contributed by atoms with Crippen LogP contribution in [0.1, 0.15) is 22.9 Å². The molecule has 0 saturated carbocycles. The Balaban J connectivity index is 1.70. The van der Waals surface area contributed by atoms with Gasteiger partial charge in [0.1, 0.15) is 37.8 Å². The maximum atomic E-state index is 12.7. The van der Waals surface area contributed by atoms with Gasteiger partial charge in [-0.3, -0.25) is 4.90 Å². The molecule has 0 bridgehead atoms. The minimum absolute atomic E-state index is 0.0338. The Morgan fingerprint density at radius 3 is 2.78 bits per heavy atom. The van der Waals surface area contributed by atoms with Gasteiger partial charge in [0.05, 0.1) is 6.61 Å². The molecule has 2 heterocycles. The quantitative estimate of drug-likeness (QED) is 0.498. The van der Waals surface area contributed by atoms with Crippen LogP contribution in [0.3, 0.4) is 0 Å². The number of ether oxygens (including phenoxy) is 2. The lowest BCUT2D eigenvalue weighted by molar-refractivity contribution is 0.0536. The third-order valence-corrected chi connectivity index (χ3v) is 5.71. The molecular weight excluding hydrogens is 439 g/mol. The monoisotopic (exact) mass is 462 g/mol. The first kappa shape index (κ1) is 22.4. The first-order chi connectivity index (χ1) is 15.5. The number of nitrogens with one attached hydrogen (secondary N) is 1. The Hall–Kier alpha value is -2.81. The largest absolute Gasteiger partial charge is 0.491 e. The van der Waals surface area contributed by atoms with Crippen LogP contribution in [-0.2, 0) is 11.2 Å². The number of H-pyrrole nitrogens is 1. The number of aliphatic hydroxyl groups is 2. The molecular formula is C23H24ClFN2O5. The topological polar surface area (TPSA) is 95.0 Å². The fraction of sp³-hybridized carbons (Fsp3) is 0.348.